The van der Waals surface area contributed by atoms with Crippen molar-refractivity contribution in [1.29, 1.82) is 0 Å². The Labute approximate surface area is 48.2 Å². The molecule has 0 aliphatic rings. The molecule has 2 heteroatoms. The van der Waals surface area contributed by atoms with Crippen LogP contribution in [0.5, 0.6) is 0 Å². The van der Waals surface area contributed by atoms with Gasteiger partial charge >= 0.3 is 0 Å². The molecule has 0 fully saturated rings. The summed E-state index contributed by atoms with van der Waals surface area (Å²) in [7, 11) is 0. The van der Waals surface area contributed by atoms with E-state index < -0.39 is 0 Å². The van der Waals surface area contributed by atoms with Crippen LogP contribution in [-0.4, -0.2) is 4.68 Å². The molecular formula is C6H8N2. The van der Waals surface area contributed by atoms with Gasteiger partial charge in [0.05, 0.1) is 5.69 Å². The van der Waals surface area contributed by atoms with Gasteiger partial charge < -0.3 is 5.84 Å². The fourth-order valence-corrected chi connectivity index (χ4v) is 0.580. The zero-order valence-corrected chi connectivity index (χ0v) is 4.54. The number of hydrogen-bond acceptors (Lipinski definition) is 1. The predicted octanol–water partition coefficient (Wildman–Crippen LogP) is 0.845. The van der Waals surface area contributed by atoms with E-state index in [-0.39, 0.29) is 0 Å². The zero-order valence-electron chi connectivity index (χ0n) is 4.54. The standard InChI is InChI=1S/C6H8N2/c1-2-6-4-3-5-8(6)7/h2-5H,1,7H2. The average Bonchev–Trinajstić information content (AvgIpc) is 2.14. The lowest BCUT2D eigenvalue weighted by molar-refractivity contribution is 1.00. The van der Waals surface area contributed by atoms with Crippen LogP contribution in [-0.2, 0) is 0 Å². The highest BCUT2D eigenvalue weighted by Gasteiger charge is 1.86. The van der Waals surface area contributed by atoms with E-state index >= 15 is 0 Å². The molecule has 0 bridgehead atoms. The summed E-state index contributed by atoms with van der Waals surface area (Å²) in [5.41, 5.74) is 0.935. The van der Waals surface area contributed by atoms with Gasteiger partial charge in [0.1, 0.15) is 0 Å². The quantitative estimate of drug-likeness (QED) is 0.531. The minimum atomic E-state index is 0.935. The lowest BCUT2D eigenvalue weighted by Crippen LogP contribution is -2.06. The third kappa shape index (κ3) is 0.601. The molecule has 0 amide bonds. The van der Waals surface area contributed by atoms with Crippen LogP contribution in [0, 0.1) is 0 Å². The molecule has 0 saturated carbocycles. The first-order chi connectivity index (χ1) is 3.84. The largest absolute Gasteiger partial charge is 0.339 e. The Bertz CT molecular complexity index is 188. The van der Waals surface area contributed by atoms with Crippen LogP contribution in [0.4, 0.5) is 0 Å². The van der Waals surface area contributed by atoms with Crippen LogP contribution in [0.2, 0.25) is 0 Å². The number of nitrogens with two attached hydrogens (primary N) is 1. The van der Waals surface area contributed by atoms with Crippen molar-refractivity contribution in [2.45, 2.75) is 0 Å². The van der Waals surface area contributed by atoms with Crippen molar-refractivity contribution < 1.29 is 0 Å². The first-order valence-electron chi connectivity index (χ1n) is 2.39. The van der Waals surface area contributed by atoms with Gasteiger partial charge in [0.25, 0.3) is 0 Å². The van der Waals surface area contributed by atoms with Crippen LogP contribution in [0.1, 0.15) is 5.69 Å². The molecule has 0 atom stereocenters. The summed E-state index contributed by atoms with van der Waals surface area (Å²) in [6.07, 6.45) is 3.48. The second-order valence-electron chi connectivity index (χ2n) is 1.54. The smallest absolute Gasteiger partial charge is 0.0611 e. The number of aromatic nitrogens is 1. The molecule has 1 heterocycles. The zero-order chi connectivity index (χ0) is 5.98. The van der Waals surface area contributed by atoms with Gasteiger partial charge in [-0.2, -0.15) is 0 Å². The Balaban J connectivity index is 3.09. The molecule has 0 unspecified atom stereocenters. The Morgan fingerprint density at radius 1 is 1.75 bits per heavy atom. The second-order valence-corrected chi connectivity index (χ2v) is 1.54. The summed E-state index contributed by atoms with van der Waals surface area (Å²) in [5.74, 6) is 5.40. The maximum Gasteiger partial charge on any atom is 0.0611 e. The maximum atomic E-state index is 5.40. The van der Waals surface area contributed by atoms with Gasteiger partial charge in [-0.1, -0.05) is 6.58 Å². The highest BCUT2D eigenvalue weighted by molar-refractivity contribution is 5.42. The summed E-state index contributed by atoms with van der Waals surface area (Å²) in [4.78, 5) is 0. The molecule has 0 saturated heterocycles. The van der Waals surface area contributed by atoms with E-state index in [1.54, 1.807) is 12.3 Å². The van der Waals surface area contributed by atoms with E-state index in [1.807, 2.05) is 12.1 Å². The molecule has 1 rings (SSSR count). The van der Waals surface area contributed by atoms with Gasteiger partial charge in [0.2, 0.25) is 0 Å². The highest BCUT2D eigenvalue weighted by Crippen LogP contribution is 1.96. The van der Waals surface area contributed by atoms with Crippen molar-refractivity contribution in [2.24, 2.45) is 0 Å². The molecule has 2 N–H and O–H groups in total. The SMILES string of the molecule is C=Cc1cccn1N. The van der Waals surface area contributed by atoms with Crippen molar-refractivity contribution in [3.05, 3.63) is 30.6 Å². The van der Waals surface area contributed by atoms with Gasteiger partial charge in [-0.3, -0.25) is 4.68 Å². The van der Waals surface area contributed by atoms with E-state index in [1.165, 1.54) is 4.68 Å². The molecule has 1 aromatic rings. The number of nitrogen functional groups attached to an aromatic ring is 1. The number of nitrogens with zero attached hydrogens (tertiary/aromatic N) is 1. The maximum absolute atomic E-state index is 5.40. The van der Waals surface area contributed by atoms with Gasteiger partial charge in [-0.25, -0.2) is 0 Å². The summed E-state index contributed by atoms with van der Waals surface area (Å²) in [6.45, 7) is 3.56. The van der Waals surface area contributed by atoms with Crippen molar-refractivity contribution in [2.75, 3.05) is 5.84 Å². The normalized spacial score (nSPS) is 9.00. The number of rotatable bonds is 1. The predicted molar refractivity (Wildman–Crippen MR) is 34.7 cm³/mol. The molecule has 0 spiro atoms. The Morgan fingerprint density at radius 3 is 2.75 bits per heavy atom. The van der Waals surface area contributed by atoms with Gasteiger partial charge in [-0.15, -0.1) is 0 Å². The first-order valence-corrected chi connectivity index (χ1v) is 2.39. The highest BCUT2D eigenvalue weighted by atomic mass is 15.3. The van der Waals surface area contributed by atoms with Crippen molar-refractivity contribution in [3.63, 3.8) is 0 Å². The van der Waals surface area contributed by atoms with Crippen molar-refractivity contribution >= 4 is 6.08 Å². The Kier molecular flexibility index (Phi) is 1.08. The fraction of sp³-hybridized carbons (Fsp3) is 0. The fourth-order valence-electron chi connectivity index (χ4n) is 0.580. The molecule has 0 radical (unpaired) electrons. The molecule has 42 valence electrons. The van der Waals surface area contributed by atoms with Gasteiger partial charge in [0, 0.05) is 6.20 Å². The number of hydrogen-bond donors (Lipinski definition) is 1. The van der Waals surface area contributed by atoms with Crippen LogP contribution in [0.15, 0.2) is 24.9 Å². The van der Waals surface area contributed by atoms with Crippen LogP contribution < -0.4 is 5.84 Å². The Morgan fingerprint density at radius 2 is 2.50 bits per heavy atom. The van der Waals surface area contributed by atoms with E-state index in [0.717, 1.165) is 5.69 Å². The molecule has 0 aromatic carbocycles. The molecule has 0 aliphatic carbocycles. The molecule has 2 nitrogen and oxygen atoms in total. The van der Waals surface area contributed by atoms with Crippen LogP contribution >= 0.6 is 0 Å². The molecule has 0 aliphatic heterocycles. The summed E-state index contributed by atoms with van der Waals surface area (Å²) in [6, 6.07) is 3.77. The summed E-state index contributed by atoms with van der Waals surface area (Å²) >= 11 is 0. The second kappa shape index (κ2) is 1.74. The third-order valence-electron chi connectivity index (χ3n) is 1.02. The monoisotopic (exact) mass is 108 g/mol. The minimum absolute atomic E-state index is 0.935. The summed E-state index contributed by atoms with van der Waals surface area (Å²) in [5, 5.41) is 0. The third-order valence-corrected chi connectivity index (χ3v) is 1.02. The van der Waals surface area contributed by atoms with Crippen LogP contribution in [0.25, 0.3) is 6.08 Å². The summed E-state index contributed by atoms with van der Waals surface area (Å²) < 4.78 is 1.52. The Hall–Kier alpha value is -1.18. The van der Waals surface area contributed by atoms with E-state index in [9.17, 15) is 0 Å². The first kappa shape index (κ1) is 4.97. The van der Waals surface area contributed by atoms with Gasteiger partial charge in [0.15, 0.2) is 0 Å². The molecule has 1 aromatic heterocycles. The molecule has 8 heavy (non-hydrogen) atoms. The lowest BCUT2D eigenvalue weighted by Gasteiger charge is -1.92. The topological polar surface area (TPSA) is 30.9 Å². The average molecular weight is 108 g/mol. The minimum Gasteiger partial charge on any atom is -0.339 e. The van der Waals surface area contributed by atoms with Crippen molar-refractivity contribution in [3.8, 4) is 0 Å². The lowest BCUT2D eigenvalue weighted by atomic mass is 10.4. The van der Waals surface area contributed by atoms with Crippen LogP contribution in [0.3, 0.4) is 0 Å². The van der Waals surface area contributed by atoms with Gasteiger partial charge in [-0.05, 0) is 18.2 Å². The van der Waals surface area contributed by atoms with Crippen molar-refractivity contribution in [1.82, 2.24) is 4.68 Å². The van der Waals surface area contributed by atoms with E-state index in [0.29, 0.717) is 0 Å². The molecular weight excluding hydrogens is 100 g/mol. The van der Waals surface area contributed by atoms with E-state index in [4.69, 9.17) is 5.84 Å². The van der Waals surface area contributed by atoms with E-state index in [2.05, 4.69) is 6.58 Å².